The maximum atomic E-state index is 13.7. The molecule has 0 aliphatic rings. The third-order valence-corrected chi connectivity index (χ3v) is 17.7. The lowest BCUT2D eigenvalue weighted by molar-refractivity contribution is -0.156. The van der Waals surface area contributed by atoms with Crippen molar-refractivity contribution in [3.05, 3.63) is 70.8 Å². The normalized spacial score (nSPS) is 16.1. The Balaban J connectivity index is 2.45. The van der Waals surface area contributed by atoms with E-state index < -0.39 is 89.3 Å². The summed E-state index contributed by atoms with van der Waals surface area (Å²) in [5, 5.41) is 37.1. The summed E-state index contributed by atoms with van der Waals surface area (Å²) in [4.78, 5) is 56.5. The van der Waals surface area contributed by atoms with Gasteiger partial charge in [0.15, 0.2) is 0 Å². The first-order chi connectivity index (χ1) is 28.1. The monoisotopic (exact) mass is 1210 g/mol. The van der Waals surface area contributed by atoms with Gasteiger partial charge in [0.2, 0.25) is 0 Å². The first kappa shape index (κ1) is 52.9. The summed E-state index contributed by atoms with van der Waals surface area (Å²) in [6.07, 6.45) is -0.892. The van der Waals surface area contributed by atoms with Crippen molar-refractivity contribution in [3.63, 3.8) is 0 Å². The highest BCUT2D eigenvalue weighted by Gasteiger charge is 2.42. The molecule has 318 valence electrons. The second kappa shape index (κ2) is 24.0. The lowest BCUT2D eigenvalue weighted by Gasteiger charge is -2.42. The van der Waals surface area contributed by atoms with Crippen LogP contribution >= 0.6 is 82.5 Å². The van der Waals surface area contributed by atoms with Gasteiger partial charge in [0, 0.05) is 46.4 Å². The van der Waals surface area contributed by atoms with E-state index in [4.69, 9.17) is 41.6 Å². The molecule has 0 spiro atoms. The Labute approximate surface area is 397 Å². The molecule has 0 heterocycles. The van der Waals surface area contributed by atoms with Crippen LogP contribution in [0.2, 0.25) is 0 Å². The van der Waals surface area contributed by atoms with Gasteiger partial charge < -0.3 is 34.3 Å². The highest BCUT2D eigenvalue weighted by Crippen LogP contribution is 2.48. The minimum absolute atomic E-state index is 0.0930. The molecule has 0 amide bonds. The van der Waals surface area contributed by atoms with E-state index in [0.29, 0.717) is 16.4 Å². The number of aromatic hydroxyl groups is 3. The first-order valence-corrected chi connectivity index (χ1v) is 30.7. The summed E-state index contributed by atoms with van der Waals surface area (Å²) in [6.45, 7) is 6.94. The lowest BCUT2D eigenvalue weighted by atomic mass is 9.91. The molecule has 60 heavy (non-hydrogen) atoms. The number of carbonyl (C=O) groups excluding carboxylic acids is 4. The van der Waals surface area contributed by atoms with Gasteiger partial charge >= 0.3 is 23.9 Å². The number of methoxy groups -OCH3 is 4. The van der Waals surface area contributed by atoms with Crippen LogP contribution in [0.25, 0.3) is 0 Å². The van der Waals surface area contributed by atoms with Gasteiger partial charge in [-0.1, -0.05) is 94.6 Å². The molecular formula is C38H45B3I3N2O11P3. The number of ether oxygens (including phenoxy) is 4. The predicted octanol–water partition coefficient (Wildman–Crippen LogP) is 6.88. The Morgan fingerprint density at radius 2 is 0.850 bits per heavy atom. The molecule has 0 saturated heterocycles. The number of hydrogen-bond acceptors (Lipinski definition) is 13. The highest BCUT2D eigenvalue weighted by atomic mass is 127. The largest absolute Gasteiger partial charge is 0.508 e. The lowest BCUT2D eigenvalue weighted by Crippen LogP contribution is -2.47. The maximum Gasteiger partial charge on any atom is 0.323 e. The van der Waals surface area contributed by atoms with Crippen LogP contribution in [0.3, 0.4) is 0 Å². The molecule has 0 bridgehead atoms. The van der Waals surface area contributed by atoms with E-state index in [1.165, 1.54) is 40.6 Å². The molecule has 0 aliphatic heterocycles. The Bertz CT molecular complexity index is 1890. The summed E-state index contributed by atoms with van der Waals surface area (Å²) in [5.74, 6) is -3.41. The molecule has 0 fully saturated rings. The maximum absolute atomic E-state index is 13.7. The van der Waals surface area contributed by atoms with E-state index in [1.54, 1.807) is 73.9 Å². The number of esters is 4. The molecular weight excluding hydrogens is 1170 g/mol. The average molecular weight is 1210 g/mol. The molecule has 0 aromatic heterocycles. The van der Waals surface area contributed by atoms with Crippen LogP contribution in [0.15, 0.2) is 48.5 Å². The van der Waals surface area contributed by atoms with Crippen molar-refractivity contribution in [2.45, 2.75) is 76.8 Å². The van der Waals surface area contributed by atoms with Crippen LogP contribution in [0, 0.1) is 0 Å². The van der Waals surface area contributed by atoms with Crippen LogP contribution in [0.4, 0.5) is 0 Å². The van der Waals surface area contributed by atoms with E-state index in [9.17, 15) is 34.5 Å². The second-order valence-corrected chi connectivity index (χ2v) is 26.4. The zero-order chi connectivity index (χ0) is 45.3. The molecule has 3 aromatic rings. The van der Waals surface area contributed by atoms with Gasteiger partial charge in [-0.05, 0) is 80.0 Å². The van der Waals surface area contributed by atoms with E-state index in [1.807, 2.05) is 0 Å². The van der Waals surface area contributed by atoms with Crippen molar-refractivity contribution in [2.24, 2.45) is 0 Å². The fourth-order valence-corrected chi connectivity index (χ4v) is 11.3. The zero-order valence-corrected chi connectivity index (χ0v) is 43.4. The van der Waals surface area contributed by atoms with E-state index >= 15 is 0 Å². The first-order valence-electron chi connectivity index (χ1n) is 18.1. The smallest absolute Gasteiger partial charge is 0.323 e. The molecule has 0 saturated carbocycles. The van der Waals surface area contributed by atoms with Crippen molar-refractivity contribution in [1.82, 2.24) is 9.80 Å². The molecule has 3 aromatic carbocycles. The fraction of sp³-hybridized carbons (Fsp3) is 0.421. The molecule has 3 N–H and O–H groups in total. The molecule has 0 aliphatic carbocycles. The van der Waals surface area contributed by atoms with Gasteiger partial charge in [0.1, 0.15) is 52.0 Å². The van der Waals surface area contributed by atoms with E-state index in [-0.39, 0.29) is 28.4 Å². The molecule has 9 unspecified atom stereocenters. The molecule has 22 heteroatoms. The van der Waals surface area contributed by atoms with Crippen LogP contribution in [-0.4, -0.2) is 112 Å². The molecule has 6 radical (unpaired) electrons. The average Bonchev–Trinajstić information content (AvgIpc) is 3.21. The van der Waals surface area contributed by atoms with Crippen molar-refractivity contribution >= 4 is 145 Å². The Hall–Kier alpha value is -1.47. The molecule has 13 nitrogen and oxygen atoms in total. The standard InChI is InChI=1S/C38H45B3I3N2O11P3/c1-19(26-13-23(58(39)42)9-11-32(26)47)45(30(37(52)56-7)17-34(49)54-5)21(3)28-15-25(60(41)44)16-29(36(28)51)22(4)46(31(38(53)57-8)18-35(50)55-6)20(2)27-14-24(59(40)43)10-12-33(27)48/h9-16,19-22,30-31,47-48,51H,17-18H2,1-8H3. The van der Waals surface area contributed by atoms with Gasteiger partial charge in [-0.3, -0.25) is 29.0 Å². The Kier molecular flexibility index (Phi) is 21.2. The van der Waals surface area contributed by atoms with Crippen LogP contribution < -0.4 is 15.9 Å². The van der Waals surface area contributed by atoms with Gasteiger partial charge in [-0.25, -0.2) is 0 Å². The Morgan fingerprint density at radius 3 is 1.13 bits per heavy atom. The van der Waals surface area contributed by atoms with Gasteiger partial charge in [-0.15, -0.1) is 0 Å². The van der Waals surface area contributed by atoms with Crippen LogP contribution in [-0.2, 0) is 38.1 Å². The zero-order valence-electron chi connectivity index (χ0n) is 34.2. The van der Waals surface area contributed by atoms with Crippen LogP contribution in [0.5, 0.6) is 17.2 Å². The Morgan fingerprint density at radius 1 is 0.550 bits per heavy atom. The third-order valence-electron chi connectivity index (χ3n) is 10.3. The molecule has 9 atom stereocenters. The third kappa shape index (κ3) is 12.8. The summed E-state index contributed by atoms with van der Waals surface area (Å²) < 4.78 is 20.4. The number of phenols is 3. The number of halogens is 3. The number of nitrogens with zero attached hydrogens (tertiary/aromatic N) is 2. The number of carbonyl (C=O) groups is 4. The number of phenolic OH excluding ortho intramolecular Hbond substituents is 3. The van der Waals surface area contributed by atoms with Gasteiger partial charge in [0.05, 0.1) is 41.3 Å². The summed E-state index contributed by atoms with van der Waals surface area (Å²) in [7, 11) is 23.9. The quantitative estimate of drug-likeness (QED) is 0.0373. The topological polar surface area (TPSA) is 172 Å². The minimum Gasteiger partial charge on any atom is -0.508 e. The number of rotatable bonds is 19. The predicted molar refractivity (Wildman–Crippen MR) is 266 cm³/mol. The number of benzene rings is 3. The van der Waals surface area contributed by atoms with Crippen LogP contribution in [0.1, 0.15) is 87.0 Å². The van der Waals surface area contributed by atoms with E-state index in [0.717, 1.165) is 10.6 Å². The van der Waals surface area contributed by atoms with E-state index in [2.05, 4.69) is 66.1 Å². The summed E-state index contributed by atoms with van der Waals surface area (Å²) in [5.41, 5.74) is -2.30. The second-order valence-electron chi connectivity index (χ2n) is 13.6. The van der Waals surface area contributed by atoms with Crippen molar-refractivity contribution < 1.29 is 53.4 Å². The summed E-state index contributed by atoms with van der Waals surface area (Å²) >= 11 is 6.29. The molecule has 3 rings (SSSR count). The van der Waals surface area contributed by atoms with Crippen molar-refractivity contribution in [3.8, 4) is 17.2 Å². The van der Waals surface area contributed by atoms with Gasteiger partial charge in [0.25, 0.3) is 0 Å². The summed E-state index contributed by atoms with van der Waals surface area (Å²) in [6, 6.07) is 7.28. The number of hydrogen-bond donors (Lipinski definition) is 3. The van der Waals surface area contributed by atoms with Crippen molar-refractivity contribution in [2.75, 3.05) is 28.4 Å². The highest BCUT2D eigenvalue weighted by molar-refractivity contribution is 14.2. The fourth-order valence-electron chi connectivity index (χ4n) is 7.21. The van der Waals surface area contributed by atoms with Gasteiger partial charge in [-0.2, -0.15) is 0 Å². The minimum atomic E-state index is -1.39. The SMILES string of the molecule is [B]P(I)c1ccc(O)c(C(C)N(C(CC(=O)OC)C(=O)OC)C(C)c2cc(P([B])I)cc(C(C)N(C(CC(=O)OC)C(=O)OC)C(C)c3cc(P([B])I)ccc3O)c2O)c1. The van der Waals surface area contributed by atoms with Crippen molar-refractivity contribution in [1.29, 1.82) is 0 Å².